The number of carbonyl (C=O) groups is 1. The smallest absolute Gasteiger partial charge is 0.223 e. The first-order valence-corrected chi connectivity index (χ1v) is 10.0. The Labute approximate surface area is 180 Å². The van der Waals surface area contributed by atoms with Crippen LogP contribution in [0.3, 0.4) is 0 Å². The lowest BCUT2D eigenvalue weighted by atomic mass is 10.0. The van der Waals surface area contributed by atoms with E-state index in [4.69, 9.17) is 23.9 Å². The fraction of sp³-hybridized carbons (Fsp3) is 0.348. The predicted octanol–water partition coefficient (Wildman–Crippen LogP) is 3.23. The van der Waals surface area contributed by atoms with Crippen LogP contribution in [-0.2, 0) is 4.79 Å². The Morgan fingerprint density at radius 2 is 1.84 bits per heavy atom. The van der Waals surface area contributed by atoms with Crippen molar-refractivity contribution in [3.8, 4) is 34.4 Å². The summed E-state index contributed by atoms with van der Waals surface area (Å²) in [6, 6.07) is 9.35. The average molecular weight is 423 g/mol. The van der Waals surface area contributed by atoms with Crippen molar-refractivity contribution in [1.29, 1.82) is 0 Å². The minimum Gasteiger partial charge on any atom is -0.493 e. The summed E-state index contributed by atoms with van der Waals surface area (Å²) in [5, 5.41) is 3.66. The number of amides is 1. The third-order valence-corrected chi connectivity index (χ3v) is 5.50. The first kappa shape index (κ1) is 20.7. The van der Waals surface area contributed by atoms with E-state index in [0.29, 0.717) is 41.8 Å². The number of nitrogens with one attached hydrogen (secondary N) is 1. The van der Waals surface area contributed by atoms with Gasteiger partial charge in [-0.1, -0.05) is 0 Å². The lowest BCUT2D eigenvalue weighted by molar-refractivity contribution is -0.119. The van der Waals surface area contributed by atoms with Crippen molar-refractivity contribution in [2.24, 2.45) is 5.92 Å². The van der Waals surface area contributed by atoms with Crippen molar-refractivity contribution < 1.29 is 23.7 Å². The van der Waals surface area contributed by atoms with Crippen molar-refractivity contribution in [2.75, 3.05) is 27.9 Å². The fourth-order valence-electron chi connectivity index (χ4n) is 3.74. The molecule has 2 aromatic heterocycles. The van der Waals surface area contributed by atoms with Crippen molar-refractivity contribution >= 4 is 16.8 Å². The van der Waals surface area contributed by atoms with E-state index >= 15 is 0 Å². The number of methoxy groups -OCH3 is 3. The first-order chi connectivity index (χ1) is 15.0. The third kappa shape index (κ3) is 4.05. The summed E-state index contributed by atoms with van der Waals surface area (Å²) in [6.45, 7) is 2.56. The zero-order valence-corrected chi connectivity index (χ0v) is 18.0. The second-order valence-electron chi connectivity index (χ2n) is 7.39. The Bertz CT molecular complexity index is 1090. The van der Waals surface area contributed by atoms with Gasteiger partial charge in [0.2, 0.25) is 17.5 Å². The Morgan fingerprint density at radius 3 is 2.45 bits per heavy atom. The fourth-order valence-corrected chi connectivity index (χ4v) is 3.74. The van der Waals surface area contributed by atoms with Crippen molar-refractivity contribution in [3.63, 3.8) is 0 Å². The zero-order chi connectivity index (χ0) is 22.0. The molecule has 0 saturated carbocycles. The van der Waals surface area contributed by atoms with Gasteiger partial charge >= 0.3 is 0 Å². The average Bonchev–Trinajstić information content (AvgIpc) is 3.24. The summed E-state index contributed by atoms with van der Waals surface area (Å²) in [5.41, 5.74) is 2.19. The lowest BCUT2D eigenvalue weighted by Crippen LogP contribution is -2.26. The highest BCUT2D eigenvalue weighted by molar-refractivity contribution is 5.87. The third-order valence-electron chi connectivity index (χ3n) is 5.50. The number of fused-ring (bicyclic) bond motifs is 1. The van der Waals surface area contributed by atoms with Crippen LogP contribution in [0.1, 0.15) is 13.3 Å². The number of aromatic nitrogens is 2. The molecule has 4 rings (SSSR count). The van der Waals surface area contributed by atoms with Crippen LogP contribution < -0.4 is 24.3 Å². The van der Waals surface area contributed by atoms with Crippen LogP contribution in [0.5, 0.6) is 23.1 Å². The summed E-state index contributed by atoms with van der Waals surface area (Å²) in [5.74, 6) is 2.19. The number of hydrogen-bond donors (Lipinski definition) is 1. The number of ether oxygens (including phenoxy) is 4. The first-order valence-electron chi connectivity index (χ1n) is 10.0. The van der Waals surface area contributed by atoms with Crippen LogP contribution in [0.2, 0.25) is 0 Å². The molecule has 31 heavy (non-hydrogen) atoms. The topological polar surface area (TPSA) is 91.8 Å². The van der Waals surface area contributed by atoms with Gasteiger partial charge in [0.05, 0.1) is 37.9 Å². The molecular weight excluding hydrogens is 398 g/mol. The van der Waals surface area contributed by atoms with Crippen LogP contribution in [0, 0.1) is 5.92 Å². The maximum absolute atomic E-state index is 11.6. The van der Waals surface area contributed by atoms with E-state index in [-0.39, 0.29) is 17.9 Å². The number of nitrogens with zero attached hydrogens (tertiary/aromatic N) is 2. The SMILES string of the molecule is COc1cc(-c2cc3ncccc3c(O[C@H](C)C3CNC(=O)C3)n2)cc(OC)c1OC. The molecule has 8 nitrogen and oxygen atoms in total. The molecule has 1 N–H and O–H groups in total. The summed E-state index contributed by atoms with van der Waals surface area (Å²) < 4.78 is 22.6. The van der Waals surface area contributed by atoms with Gasteiger partial charge in [0, 0.05) is 30.6 Å². The molecule has 3 aromatic rings. The summed E-state index contributed by atoms with van der Waals surface area (Å²) in [4.78, 5) is 20.9. The molecule has 0 radical (unpaired) electrons. The maximum Gasteiger partial charge on any atom is 0.223 e. The number of hydrogen-bond acceptors (Lipinski definition) is 7. The Balaban J connectivity index is 1.78. The molecule has 1 unspecified atom stereocenters. The molecule has 1 amide bonds. The van der Waals surface area contributed by atoms with E-state index in [1.165, 1.54) is 0 Å². The van der Waals surface area contributed by atoms with Crippen LogP contribution >= 0.6 is 0 Å². The van der Waals surface area contributed by atoms with Gasteiger partial charge in [-0.05, 0) is 37.3 Å². The largest absolute Gasteiger partial charge is 0.493 e. The molecule has 1 aliphatic rings. The Morgan fingerprint density at radius 1 is 1.10 bits per heavy atom. The highest BCUT2D eigenvalue weighted by atomic mass is 16.5. The lowest BCUT2D eigenvalue weighted by Gasteiger charge is -2.20. The van der Waals surface area contributed by atoms with Gasteiger partial charge in [0.25, 0.3) is 0 Å². The zero-order valence-electron chi connectivity index (χ0n) is 18.0. The van der Waals surface area contributed by atoms with Gasteiger partial charge in [-0.2, -0.15) is 0 Å². The molecule has 162 valence electrons. The minimum absolute atomic E-state index is 0.0473. The number of rotatable bonds is 7. The number of carbonyl (C=O) groups excluding carboxylic acids is 1. The van der Waals surface area contributed by atoms with E-state index in [1.807, 2.05) is 37.3 Å². The number of pyridine rings is 2. The van der Waals surface area contributed by atoms with Gasteiger partial charge in [-0.25, -0.2) is 4.98 Å². The molecule has 3 heterocycles. The normalized spacial score (nSPS) is 16.6. The van der Waals surface area contributed by atoms with Gasteiger partial charge < -0.3 is 24.3 Å². The molecule has 0 aliphatic carbocycles. The molecule has 8 heteroatoms. The number of benzene rings is 1. The predicted molar refractivity (Wildman–Crippen MR) is 116 cm³/mol. The van der Waals surface area contributed by atoms with Crippen LogP contribution in [0.25, 0.3) is 22.2 Å². The van der Waals surface area contributed by atoms with Crippen molar-refractivity contribution in [3.05, 3.63) is 36.5 Å². The second kappa shape index (κ2) is 8.67. The highest BCUT2D eigenvalue weighted by Crippen LogP contribution is 2.41. The van der Waals surface area contributed by atoms with Crippen molar-refractivity contribution in [2.45, 2.75) is 19.4 Å². The molecule has 1 aromatic carbocycles. The van der Waals surface area contributed by atoms with Crippen LogP contribution in [-0.4, -0.2) is 49.9 Å². The van der Waals surface area contributed by atoms with Crippen LogP contribution in [0.15, 0.2) is 36.5 Å². The quantitative estimate of drug-likeness (QED) is 0.624. The molecule has 1 saturated heterocycles. The van der Waals surface area contributed by atoms with E-state index in [0.717, 1.165) is 16.5 Å². The molecule has 2 atom stereocenters. The molecule has 1 aliphatic heterocycles. The van der Waals surface area contributed by atoms with E-state index in [1.54, 1.807) is 27.5 Å². The monoisotopic (exact) mass is 423 g/mol. The van der Waals surface area contributed by atoms with E-state index < -0.39 is 0 Å². The summed E-state index contributed by atoms with van der Waals surface area (Å²) in [7, 11) is 4.71. The minimum atomic E-state index is -0.190. The Hall–Kier alpha value is -3.55. The van der Waals surface area contributed by atoms with Crippen molar-refractivity contribution in [1.82, 2.24) is 15.3 Å². The van der Waals surface area contributed by atoms with Gasteiger partial charge in [0.1, 0.15) is 6.10 Å². The Kier molecular flexibility index (Phi) is 5.79. The molecular formula is C23H25N3O5. The summed E-state index contributed by atoms with van der Waals surface area (Å²) in [6.07, 6.45) is 1.99. The highest BCUT2D eigenvalue weighted by Gasteiger charge is 2.29. The van der Waals surface area contributed by atoms with Gasteiger partial charge in [0.15, 0.2) is 11.5 Å². The van der Waals surface area contributed by atoms with E-state index in [2.05, 4.69) is 10.3 Å². The molecule has 0 spiro atoms. The van der Waals surface area contributed by atoms with Crippen LogP contribution in [0.4, 0.5) is 0 Å². The maximum atomic E-state index is 11.6. The van der Waals surface area contributed by atoms with Gasteiger partial charge in [-0.3, -0.25) is 9.78 Å². The van der Waals surface area contributed by atoms with E-state index in [9.17, 15) is 4.79 Å². The molecule has 1 fully saturated rings. The standard InChI is InChI=1S/C23H25N3O5/c1-13(15-10-21(27)25-12-15)31-23-16-6-5-7-24-18(16)11-17(26-23)14-8-19(28-2)22(30-4)20(9-14)29-3/h5-9,11,13,15H,10,12H2,1-4H3,(H,25,27)/t13-,15?/m1/s1. The molecule has 0 bridgehead atoms. The summed E-state index contributed by atoms with van der Waals surface area (Å²) >= 11 is 0. The second-order valence-corrected chi connectivity index (χ2v) is 7.39. The van der Waals surface area contributed by atoms with Gasteiger partial charge in [-0.15, -0.1) is 0 Å².